The predicted octanol–water partition coefficient (Wildman–Crippen LogP) is 1.64. The Balaban J connectivity index is 1.22. The Bertz CT molecular complexity index is 1860. The van der Waals surface area contributed by atoms with E-state index < -0.39 is 65.0 Å². The minimum atomic E-state index is -2.93. The molecule has 0 saturated carbocycles. The molecule has 4 aromatic heterocycles. The highest BCUT2D eigenvalue weighted by atomic mass is 32.1. The van der Waals surface area contributed by atoms with Crippen LogP contribution in [0.1, 0.15) is 39.1 Å². The largest absolute Gasteiger partial charge is 0.697 e. The van der Waals surface area contributed by atoms with Crippen LogP contribution in [0.25, 0.3) is 22.3 Å². The molecular weight excluding hydrogens is 694 g/mol. The van der Waals surface area contributed by atoms with Crippen LogP contribution in [-0.2, 0) is 36.9 Å². The summed E-state index contributed by atoms with van der Waals surface area (Å²) < 4.78 is 63.4. The van der Waals surface area contributed by atoms with Crippen molar-refractivity contribution in [3.05, 3.63) is 29.3 Å². The lowest BCUT2D eigenvalue weighted by molar-refractivity contribution is -0.120. The average Bonchev–Trinajstić information content (AvgIpc) is 3.83. The van der Waals surface area contributed by atoms with Crippen LogP contribution >= 0.6 is 29.6 Å². The number of hydrogen-bond acceptors (Lipinski definition) is 18. The number of nitrogen functional groups attached to an aromatic ring is 2. The maximum atomic E-state index is 13.4. The number of nitrogens with two attached hydrogens (primary N) is 2. The number of nitrogens with one attached hydrogen (secondary N) is 1. The number of aromatic nitrogens is 8. The van der Waals surface area contributed by atoms with Gasteiger partial charge in [0.25, 0.3) is 5.56 Å². The van der Waals surface area contributed by atoms with Crippen LogP contribution in [-0.4, -0.2) is 93.3 Å². The third kappa shape index (κ3) is 6.19. The quantitative estimate of drug-likeness (QED) is 0.0702. The molecule has 6 N–H and O–H groups in total. The second-order valence-electron chi connectivity index (χ2n) is 11.1. The summed E-state index contributed by atoms with van der Waals surface area (Å²) in [6.45, 7) is 3.34. The first kappa shape index (κ1) is 34.6. The molecule has 0 amide bonds. The third-order valence-electron chi connectivity index (χ3n) is 8.55. The number of aliphatic hydroxyl groups is 1. The van der Waals surface area contributed by atoms with Gasteiger partial charge in [-0.25, -0.2) is 24.5 Å². The third-order valence-corrected chi connectivity index (χ3v) is 9.80. The van der Waals surface area contributed by atoms with Gasteiger partial charge < -0.3 is 30.8 Å². The molecular formula is C25H33N10O10P2S+. The number of ether oxygens (including phenoxy) is 3. The zero-order chi connectivity index (χ0) is 34.2. The maximum absolute atomic E-state index is 13.4. The number of imidazole rings is 2. The number of aliphatic hydroxyl groups excluding tert-OH is 1. The fourth-order valence-corrected chi connectivity index (χ4v) is 7.59. The van der Waals surface area contributed by atoms with Gasteiger partial charge in [0.2, 0.25) is 5.95 Å². The standard InChI is InChI=1S/C25H32N10O10P2S/c1-3-11-17(44-46-38)25(4-2,43-22(11)34-8-30-13-18(26)28-7-29-19(13)34)6-41-47(39)45-16-12(5-40-10-48)42-23(15(16)36)35-9-31-14-20(35)32-24(27)33-21(14)37/h7-9,11-12,15-17,22-23,36H,3-6,10H2,1-2H3,(H5-,26,27,28,29,32,33,37,48)/p+1/t11-,12-,15-,16-,17+,22-,23-,25-/m1/s1. The van der Waals surface area contributed by atoms with E-state index >= 15 is 0 Å². The molecule has 20 nitrogen and oxygen atoms in total. The van der Waals surface area contributed by atoms with E-state index in [4.69, 9.17) is 39.2 Å². The van der Waals surface area contributed by atoms with Crippen molar-refractivity contribution in [3.8, 4) is 0 Å². The van der Waals surface area contributed by atoms with Crippen LogP contribution in [0.3, 0.4) is 0 Å². The lowest BCUT2D eigenvalue weighted by atomic mass is 9.87. The zero-order valence-electron chi connectivity index (χ0n) is 25.6. The highest BCUT2D eigenvalue weighted by molar-refractivity contribution is 7.80. The molecule has 2 aliphatic rings. The molecule has 258 valence electrons. The minimum Gasteiger partial charge on any atom is -0.385 e. The second kappa shape index (κ2) is 14.3. The minimum absolute atomic E-state index is 0.0266. The number of H-pyrrole nitrogens is 1. The first-order chi connectivity index (χ1) is 23.2. The summed E-state index contributed by atoms with van der Waals surface area (Å²) in [7, 11) is -3.51. The van der Waals surface area contributed by atoms with E-state index in [1.54, 1.807) is 4.57 Å². The number of hydrogen-bond donors (Lipinski definition) is 5. The highest BCUT2D eigenvalue weighted by Gasteiger charge is 2.58. The molecule has 6 rings (SSSR count). The Labute approximate surface area is 279 Å². The van der Waals surface area contributed by atoms with Gasteiger partial charge in [-0.05, 0) is 12.8 Å². The van der Waals surface area contributed by atoms with Crippen molar-refractivity contribution >= 4 is 63.7 Å². The normalized spacial score (nSPS) is 29.4. The van der Waals surface area contributed by atoms with Gasteiger partial charge in [-0.2, -0.15) is 17.6 Å². The zero-order valence-corrected chi connectivity index (χ0v) is 28.2. The summed E-state index contributed by atoms with van der Waals surface area (Å²) in [5.41, 5.74) is 10.7. The number of rotatable bonds is 14. The van der Waals surface area contributed by atoms with Crippen molar-refractivity contribution in [2.24, 2.45) is 5.92 Å². The smallest absolute Gasteiger partial charge is 0.385 e. The first-order valence-corrected chi connectivity index (χ1v) is 17.2. The van der Waals surface area contributed by atoms with E-state index in [0.717, 1.165) is 0 Å². The van der Waals surface area contributed by atoms with Crippen LogP contribution in [0, 0.1) is 5.92 Å². The van der Waals surface area contributed by atoms with Crippen molar-refractivity contribution in [2.45, 2.75) is 69.2 Å². The van der Waals surface area contributed by atoms with E-state index in [1.807, 2.05) is 13.8 Å². The van der Waals surface area contributed by atoms with Crippen LogP contribution in [0.4, 0.5) is 11.8 Å². The Morgan fingerprint density at radius 2 is 1.90 bits per heavy atom. The van der Waals surface area contributed by atoms with Crippen LogP contribution in [0.15, 0.2) is 23.8 Å². The van der Waals surface area contributed by atoms with Gasteiger partial charge >= 0.3 is 16.9 Å². The Kier molecular flexibility index (Phi) is 10.3. The monoisotopic (exact) mass is 727 g/mol. The molecule has 6 heterocycles. The van der Waals surface area contributed by atoms with E-state index in [1.165, 1.54) is 23.5 Å². The van der Waals surface area contributed by atoms with E-state index in [9.17, 15) is 19.0 Å². The van der Waals surface area contributed by atoms with Gasteiger partial charge in [-0.15, -0.1) is 9.05 Å². The highest BCUT2D eigenvalue weighted by Crippen LogP contribution is 2.50. The Morgan fingerprint density at radius 3 is 2.60 bits per heavy atom. The average molecular weight is 728 g/mol. The lowest BCUT2D eigenvalue weighted by Gasteiger charge is -2.30. The SMILES string of the molecule is CC[C@H]1[C@H](n2cnc3c(N)ncnc32)O[C@](CC)(CO[P+](=O)O[C@H]2[C@@H](O)[C@H](n3cnc4c(=O)[nH]c(N)nc43)O[C@@H]2COCS)[C@H]1OP=O. The summed E-state index contributed by atoms with van der Waals surface area (Å²) in [4.78, 5) is 35.5. The molecule has 0 aromatic carbocycles. The molecule has 48 heavy (non-hydrogen) atoms. The number of thiol groups is 1. The first-order valence-electron chi connectivity index (χ1n) is 14.8. The summed E-state index contributed by atoms with van der Waals surface area (Å²) >= 11 is 4.06. The molecule has 2 aliphatic heterocycles. The second-order valence-corrected chi connectivity index (χ2v) is 12.6. The molecule has 1 unspecified atom stereocenters. The van der Waals surface area contributed by atoms with Gasteiger partial charge in [0, 0.05) is 10.5 Å². The summed E-state index contributed by atoms with van der Waals surface area (Å²) in [6.07, 6.45) is -1.35. The van der Waals surface area contributed by atoms with Crippen molar-refractivity contribution in [3.63, 3.8) is 0 Å². The van der Waals surface area contributed by atoms with E-state index in [-0.39, 0.29) is 48.0 Å². The van der Waals surface area contributed by atoms with Crippen molar-refractivity contribution in [1.29, 1.82) is 0 Å². The number of anilines is 2. The predicted molar refractivity (Wildman–Crippen MR) is 170 cm³/mol. The van der Waals surface area contributed by atoms with Crippen molar-refractivity contribution in [1.82, 2.24) is 39.0 Å². The molecule has 9 atom stereocenters. The molecule has 0 radical (unpaired) electrons. The van der Waals surface area contributed by atoms with Crippen molar-refractivity contribution < 1.29 is 42.0 Å². The number of aromatic amines is 1. The van der Waals surface area contributed by atoms with Gasteiger partial charge in [0.15, 0.2) is 35.0 Å². The lowest BCUT2D eigenvalue weighted by Crippen LogP contribution is -2.45. The summed E-state index contributed by atoms with van der Waals surface area (Å²) in [5, 5.41) is 11.3. The Hall–Kier alpha value is -3.23. The molecule has 2 fully saturated rings. The van der Waals surface area contributed by atoms with Crippen LogP contribution in [0.2, 0.25) is 0 Å². The van der Waals surface area contributed by atoms with Gasteiger partial charge in [-0.1, -0.05) is 13.8 Å². The van der Waals surface area contributed by atoms with E-state index in [0.29, 0.717) is 24.0 Å². The van der Waals surface area contributed by atoms with Crippen LogP contribution in [0.5, 0.6) is 0 Å². The Morgan fingerprint density at radius 1 is 1.15 bits per heavy atom. The maximum Gasteiger partial charge on any atom is 0.697 e. The van der Waals surface area contributed by atoms with E-state index in [2.05, 4.69) is 42.5 Å². The molecule has 23 heteroatoms. The fraction of sp³-hybridized carbons (Fsp3) is 0.600. The molecule has 4 aromatic rings. The van der Waals surface area contributed by atoms with Crippen molar-refractivity contribution in [2.75, 3.05) is 30.6 Å². The molecule has 0 spiro atoms. The molecule has 2 saturated heterocycles. The van der Waals surface area contributed by atoms with Gasteiger partial charge in [-0.3, -0.25) is 23.4 Å². The van der Waals surface area contributed by atoms with Gasteiger partial charge in [0.1, 0.15) is 48.6 Å². The summed E-state index contributed by atoms with van der Waals surface area (Å²) in [6, 6.07) is 0. The fourth-order valence-electron chi connectivity index (χ4n) is 6.20. The molecule has 0 bridgehead atoms. The molecule has 0 aliphatic carbocycles. The van der Waals surface area contributed by atoms with Gasteiger partial charge in [0.05, 0.1) is 25.2 Å². The number of fused-ring (bicyclic) bond motifs is 2. The number of nitrogens with zero attached hydrogens (tertiary/aromatic N) is 7. The summed E-state index contributed by atoms with van der Waals surface area (Å²) in [5.74, 6) is -0.303. The van der Waals surface area contributed by atoms with Crippen LogP contribution < -0.4 is 17.0 Å². The topological polar surface area (TPSA) is 269 Å².